The second-order valence-electron chi connectivity index (χ2n) is 3.51. The zero-order chi connectivity index (χ0) is 10.8. The van der Waals surface area contributed by atoms with Gasteiger partial charge < -0.3 is 5.11 Å². The molecule has 2 heterocycles. The lowest BCUT2D eigenvalue weighted by Crippen LogP contribution is -1.97. The highest BCUT2D eigenvalue weighted by Gasteiger charge is 2.16. The van der Waals surface area contributed by atoms with E-state index < -0.39 is 6.10 Å². The molecule has 0 bridgehead atoms. The molecule has 2 rings (SSSR count). The van der Waals surface area contributed by atoms with Crippen molar-refractivity contribution < 1.29 is 5.11 Å². The number of rotatable bonds is 3. The zero-order valence-corrected chi connectivity index (χ0v) is 10.5. The zero-order valence-electron chi connectivity index (χ0n) is 8.86. The van der Waals surface area contributed by atoms with E-state index in [1.165, 1.54) is 10.4 Å². The third kappa shape index (κ3) is 2.14. The molecular formula is C12H14OS2. The molecule has 2 aromatic rings. The number of aryl methyl sites for hydroxylation is 2. The summed E-state index contributed by atoms with van der Waals surface area (Å²) >= 11 is 3.31. The van der Waals surface area contributed by atoms with Gasteiger partial charge in [0.2, 0.25) is 0 Å². The van der Waals surface area contributed by atoms with Crippen LogP contribution in [-0.2, 0) is 6.42 Å². The Morgan fingerprint density at radius 1 is 1.33 bits per heavy atom. The fourth-order valence-electron chi connectivity index (χ4n) is 1.61. The molecule has 0 saturated heterocycles. The van der Waals surface area contributed by atoms with Crippen LogP contribution in [0.4, 0.5) is 0 Å². The standard InChI is InChI=1S/C12H14OS2/c1-3-9-6-7-14-12(9)11(13)10-5-4-8(2)15-10/h4-7,11,13H,3H2,1-2H3. The van der Waals surface area contributed by atoms with Crippen LogP contribution in [-0.4, -0.2) is 5.11 Å². The maximum absolute atomic E-state index is 10.2. The van der Waals surface area contributed by atoms with Gasteiger partial charge in [-0.15, -0.1) is 22.7 Å². The quantitative estimate of drug-likeness (QED) is 0.863. The third-order valence-electron chi connectivity index (χ3n) is 2.44. The highest BCUT2D eigenvalue weighted by Crippen LogP contribution is 2.33. The molecule has 1 unspecified atom stereocenters. The average molecular weight is 238 g/mol. The smallest absolute Gasteiger partial charge is 0.123 e. The highest BCUT2D eigenvalue weighted by molar-refractivity contribution is 7.12. The molecule has 1 nitrogen and oxygen atoms in total. The fraction of sp³-hybridized carbons (Fsp3) is 0.333. The van der Waals surface area contributed by atoms with E-state index in [1.807, 2.05) is 6.07 Å². The summed E-state index contributed by atoms with van der Waals surface area (Å²) in [6.45, 7) is 4.19. The Hall–Kier alpha value is -0.640. The SMILES string of the molecule is CCc1ccsc1C(O)c1ccc(C)s1. The molecule has 0 radical (unpaired) electrons. The van der Waals surface area contributed by atoms with Crippen molar-refractivity contribution in [1.82, 2.24) is 0 Å². The monoisotopic (exact) mass is 238 g/mol. The summed E-state index contributed by atoms with van der Waals surface area (Å²) in [6.07, 6.45) is 0.555. The summed E-state index contributed by atoms with van der Waals surface area (Å²) in [5.74, 6) is 0. The van der Waals surface area contributed by atoms with E-state index in [0.717, 1.165) is 16.2 Å². The van der Waals surface area contributed by atoms with Crippen LogP contribution >= 0.6 is 22.7 Å². The topological polar surface area (TPSA) is 20.2 Å². The maximum Gasteiger partial charge on any atom is 0.123 e. The van der Waals surface area contributed by atoms with Gasteiger partial charge in [0.15, 0.2) is 0 Å². The molecule has 0 saturated carbocycles. The molecule has 15 heavy (non-hydrogen) atoms. The Kier molecular flexibility index (Phi) is 3.24. The summed E-state index contributed by atoms with van der Waals surface area (Å²) in [5, 5.41) is 12.3. The molecule has 0 spiro atoms. The molecule has 0 aromatic carbocycles. The number of aliphatic hydroxyl groups is 1. The fourth-order valence-corrected chi connectivity index (χ4v) is 3.56. The van der Waals surface area contributed by atoms with Gasteiger partial charge in [0, 0.05) is 14.6 Å². The second-order valence-corrected chi connectivity index (χ2v) is 5.78. The Morgan fingerprint density at radius 3 is 2.73 bits per heavy atom. The number of thiophene rings is 2. The van der Waals surface area contributed by atoms with Crippen LogP contribution in [0, 0.1) is 6.92 Å². The summed E-state index contributed by atoms with van der Waals surface area (Å²) in [4.78, 5) is 3.39. The molecule has 0 aliphatic rings. The van der Waals surface area contributed by atoms with Crippen molar-refractivity contribution in [1.29, 1.82) is 0 Å². The van der Waals surface area contributed by atoms with E-state index >= 15 is 0 Å². The van der Waals surface area contributed by atoms with Gasteiger partial charge in [-0.25, -0.2) is 0 Å². The van der Waals surface area contributed by atoms with Crippen LogP contribution in [0.25, 0.3) is 0 Å². The second kappa shape index (κ2) is 4.47. The van der Waals surface area contributed by atoms with E-state index in [9.17, 15) is 5.11 Å². The first-order valence-corrected chi connectivity index (χ1v) is 6.72. The van der Waals surface area contributed by atoms with Crippen molar-refractivity contribution in [3.8, 4) is 0 Å². The minimum atomic E-state index is -0.432. The first-order valence-electron chi connectivity index (χ1n) is 5.03. The predicted octanol–water partition coefficient (Wildman–Crippen LogP) is 3.76. The molecule has 3 heteroatoms. The lowest BCUT2D eigenvalue weighted by atomic mass is 10.1. The number of hydrogen-bond acceptors (Lipinski definition) is 3. The Bertz CT molecular complexity index is 442. The van der Waals surface area contributed by atoms with Gasteiger partial charge in [0.1, 0.15) is 6.10 Å². The third-order valence-corrected chi connectivity index (χ3v) is 4.51. The van der Waals surface area contributed by atoms with Gasteiger partial charge in [0.05, 0.1) is 0 Å². The van der Waals surface area contributed by atoms with E-state index in [0.29, 0.717) is 0 Å². The summed E-state index contributed by atoms with van der Waals surface area (Å²) in [5.41, 5.74) is 1.26. The minimum Gasteiger partial charge on any atom is -0.382 e. The first-order chi connectivity index (χ1) is 7.22. The van der Waals surface area contributed by atoms with Crippen LogP contribution < -0.4 is 0 Å². The molecule has 0 aliphatic carbocycles. The van der Waals surface area contributed by atoms with Gasteiger partial charge in [-0.1, -0.05) is 6.92 Å². The normalized spacial score (nSPS) is 13.0. The molecule has 1 atom stereocenters. The van der Waals surface area contributed by atoms with E-state index in [-0.39, 0.29) is 0 Å². The minimum absolute atomic E-state index is 0.432. The molecule has 80 valence electrons. The first kappa shape index (κ1) is 10.9. The van der Waals surface area contributed by atoms with Gasteiger partial charge >= 0.3 is 0 Å². The van der Waals surface area contributed by atoms with Gasteiger partial charge in [0.25, 0.3) is 0 Å². The summed E-state index contributed by atoms with van der Waals surface area (Å²) in [7, 11) is 0. The van der Waals surface area contributed by atoms with E-state index in [1.54, 1.807) is 22.7 Å². The predicted molar refractivity (Wildman–Crippen MR) is 66.8 cm³/mol. The Balaban J connectivity index is 2.31. The van der Waals surface area contributed by atoms with Crippen molar-refractivity contribution >= 4 is 22.7 Å². The maximum atomic E-state index is 10.2. The number of hydrogen-bond donors (Lipinski definition) is 1. The molecular weight excluding hydrogens is 224 g/mol. The van der Waals surface area contributed by atoms with Crippen LogP contribution in [0.15, 0.2) is 23.6 Å². The van der Waals surface area contributed by atoms with Crippen molar-refractivity contribution in [2.45, 2.75) is 26.4 Å². The molecule has 0 amide bonds. The average Bonchev–Trinajstić information content (AvgIpc) is 2.84. The van der Waals surface area contributed by atoms with Crippen molar-refractivity contribution in [3.63, 3.8) is 0 Å². The molecule has 1 N–H and O–H groups in total. The molecule has 2 aromatic heterocycles. The Morgan fingerprint density at radius 2 is 2.13 bits per heavy atom. The number of aliphatic hydroxyl groups excluding tert-OH is 1. The lowest BCUT2D eigenvalue weighted by molar-refractivity contribution is 0.227. The Labute approximate surface area is 98.0 Å². The van der Waals surface area contributed by atoms with E-state index in [4.69, 9.17) is 0 Å². The van der Waals surface area contributed by atoms with Gasteiger partial charge in [-0.05, 0) is 42.5 Å². The van der Waals surface area contributed by atoms with Crippen LogP contribution in [0.2, 0.25) is 0 Å². The van der Waals surface area contributed by atoms with Crippen LogP contribution in [0.5, 0.6) is 0 Å². The molecule has 0 fully saturated rings. The summed E-state index contributed by atoms with van der Waals surface area (Å²) < 4.78 is 0. The van der Waals surface area contributed by atoms with Crippen LogP contribution in [0.3, 0.4) is 0 Å². The molecule has 0 aliphatic heterocycles. The van der Waals surface area contributed by atoms with Crippen molar-refractivity contribution in [2.24, 2.45) is 0 Å². The highest BCUT2D eigenvalue weighted by atomic mass is 32.1. The van der Waals surface area contributed by atoms with Crippen molar-refractivity contribution in [3.05, 3.63) is 43.8 Å². The van der Waals surface area contributed by atoms with E-state index in [2.05, 4.69) is 31.4 Å². The lowest BCUT2D eigenvalue weighted by Gasteiger charge is -2.08. The van der Waals surface area contributed by atoms with Crippen LogP contribution in [0.1, 0.15) is 33.2 Å². The largest absolute Gasteiger partial charge is 0.382 e. The van der Waals surface area contributed by atoms with Gasteiger partial charge in [-0.2, -0.15) is 0 Å². The van der Waals surface area contributed by atoms with Crippen molar-refractivity contribution in [2.75, 3.05) is 0 Å². The van der Waals surface area contributed by atoms with Gasteiger partial charge in [-0.3, -0.25) is 0 Å². The summed E-state index contributed by atoms with van der Waals surface area (Å²) in [6, 6.07) is 6.18.